The first-order chi connectivity index (χ1) is 9.26. The van der Waals surface area contributed by atoms with E-state index in [9.17, 15) is 4.79 Å². The molecule has 3 heteroatoms. The summed E-state index contributed by atoms with van der Waals surface area (Å²) in [6.45, 7) is 0. The predicted molar refractivity (Wildman–Crippen MR) is 74.1 cm³/mol. The van der Waals surface area contributed by atoms with Gasteiger partial charge in [0, 0.05) is 5.92 Å². The third-order valence-electron chi connectivity index (χ3n) is 3.30. The Morgan fingerprint density at radius 1 is 1.16 bits per heavy atom. The Labute approximate surface area is 113 Å². The van der Waals surface area contributed by atoms with Crippen LogP contribution in [0, 0.1) is 5.92 Å². The van der Waals surface area contributed by atoms with Gasteiger partial charge in [-0.1, -0.05) is 36.4 Å². The first-order valence-electron chi connectivity index (χ1n) is 6.31. The second-order valence-corrected chi connectivity index (χ2v) is 4.44. The largest absolute Gasteiger partial charge is 0.497 e. The number of carbonyl (C=O) groups excluding carboxylic acids is 1. The molecule has 1 aromatic rings. The van der Waals surface area contributed by atoms with E-state index in [0.29, 0.717) is 0 Å². The Bertz CT molecular complexity index is 473. The molecular formula is C16H18O3. The van der Waals surface area contributed by atoms with Gasteiger partial charge < -0.3 is 9.47 Å². The van der Waals surface area contributed by atoms with Crippen LogP contribution in [-0.2, 0) is 9.53 Å². The van der Waals surface area contributed by atoms with Gasteiger partial charge in [0.1, 0.15) is 5.75 Å². The quantitative estimate of drug-likeness (QED) is 0.615. The lowest BCUT2D eigenvalue weighted by atomic mass is 9.83. The van der Waals surface area contributed by atoms with E-state index in [0.717, 1.165) is 17.7 Å². The molecule has 0 radical (unpaired) electrons. The maximum Gasteiger partial charge on any atom is 0.314 e. The molecule has 1 atom stereocenters. The third-order valence-corrected chi connectivity index (χ3v) is 3.30. The Hall–Kier alpha value is -2.03. The second kappa shape index (κ2) is 6.23. The SMILES string of the molecule is COC(=O)C(c1ccc(OC)cc1)C1C=CCC=C1. The van der Waals surface area contributed by atoms with Crippen molar-refractivity contribution in [2.45, 2.75) is 12.3 Å². The van der Waals surface area contributed by atoms with Crippen molar-refractivity contribution in [2.75, 3.05) is 14.2 Å². The summed E-state index contributed by atoms with van der Waals surface area (Å²) in [6, 6.07) is 7.55. The van der Waals surface area contributed by atoms with E-state index in [-0.39, 0.29) is 17.8 Å². The summed E-state index contributed by atoms with van der Waals surface area (Å²) in [7, 11) is 3.05. The van der Waals surface area contributed by atoms with Crippen molar-refractivity contribution >= 4 is 5.97 Å². The van der Waals surface area contributed by atoms with Crippen LogP contribution in [0.15, 0.2) is 48.6 Å². The number of hydrogen-bond acceptors (Lipinski definition) is 3. The van der Waals surface area contributed by atoms with Crippen LogP contribution >= 0.6 is 0 Å². The first kappa shape index (κ1) is 13.4. The molecule has 19 heavy (non-hydrogen) atoms. The van der Waals surface area contributed by atoms with Gasteiger partial charge in [0.15, 0.2) is 0 Å². The molecule has 0 spiro atoms. The van der Waals surface area contributed by atoms with Gasteiger partial charge >= 0.3 is 5.97 Å². The molecular weight excluding hydrogens is 240 g/mol. The zero-order valence-corrected chi connectivity index (χ0v) is 11.2. The van der Waals surface area contributed by atoms with Crippen molar-refractivity contribution in [1.82, 2.24) is 0 Å². The maximum atomic E-state index is 12.0. The summed E-state index contributed by atoms with van der Waals surface area (Å²) in [4.78, 5) is 12.0. The minimum absolute atomic E-state index is 0.0506. The van der Waals surface area contributed by atoms with Gasteiger partial charge in [-0.15, -0.1) is 0 Å². The van der Waals surface area contributed by atoms with Gasteiger partial charge in [-0.3, -0.25) is 4.79 Å². The normalized spacial score (nSPS) is 16.1. The number of carbonyl (C=O) groups is 1. The number of methoxy groups -OCH3 is 2. The number of rotatable bonds is 4. The fourth-order valence-corrected chi connectivity index (χ4v) is 2.29. The Kier molecular flexibility index (Phi) is 4.39. The highest BCUT2D eigenvalue weighted by Gasteiger charge is 2.28. The van der Waals surface area contributed by atoms with E-state index in [1.807, 2.05) is 24.3 Å². The van der Waals surface area contributed by atoms with Crippen LogP contribution in [-0.4, -0.2) is 20.2 Å². The van der Waals surface area contributed by atoms with Crippen molar-refractivity contribution in [3.05, 3.63) is 54.1 Å². The van der Waals surface area contributed by atoms with Gasteiger partial charge in [-0.05, 0) is 24.1 Å². The molecule has 100 valence electrons. The molecule has 0 saturated heterocycles. The lowest BCUT2D eigenvalue weighted by Gasteiger charge is -2.22. The number of ether oxygens (including phenoxy) is 2. The molecule has 0 heterocycles. The zero-order valence-electron chi connectivity index (χ0n) is 11.2. The number of benzene rings is 1. The highest BCUT2D eigenvalue weighted by atomic mass is 16.5. The molecule has 0 saturated carbocycles. The molecule has 0 bridgehead atoms. The summed E-state index contributed by atoms with van der Waals surface area (Å²) >= 11 is 0. The van der Waals surface area contributed by atoms with Crippen LogP contribution in [0.4, 0.5) is 0 Å². The predicted octanol–water partition coefficient (Wildman–Crippen LogP) is 3.08. The van der Waals surface area contributed by atoms with Gasteiger partial charge in [0.2, 0.25) is 0 Å². The van der Waals surface area contributed by atoms with Gasteiger partial charge in [-0.25, -0.2) is 0 Å². The molecule has 3 nitrogen and oxygen atoms in total. The lowest BCUT2D eigenvalue weighted by molar-refractivity contribution is -0.143. The topological polar surface area (TPSA) is 35.5 Å². The third kappa shape index (κ3) is 3.05. The van der Waals surface area contributed by atoms with Gasteiger partial charge in [0.25, 0.3) is 0 Å². The van der Waals surface area contributed by atoms with Crippen LogP contribution in [0.3, 0.4) is 0 Å². The lowest BCUT2D eigenvalue weighted by Crippen LogP contribution is -2.21. The fourth-order valence-electron chi connectivity index (χ4n) is 2.29. The Morgan fingerprint density at radius 3 is 2.32 bits per heavy atom. The summed E-state index contributed by atoms with van der Waals surface area (Å²) in [6.07, 6.45) is 9.19. The average molecular weight is 258 g/mol. The van der Waals surface area contributed by atoms with Crippen LogP contribution < -0.4 is 4.74 Å². The highest BCUT2D eigenvalue weighted by molar-refractivity contribution is 5.79. The van der Waals surface area contributed by atoms with Crippen LogP contribution in [0.25, 0.3) is 0 Å². The molecule has 0 aliphatic heterocycles. The van der Waals surface area contributed by atoms with E-state index in [2.05, 4.69) is 24.3 Å². The fraction of sp³-hybridized carbons (Fsp3) is 0.312. The molecule has 2 rings (SSSR count). The van der Waals surface area contributed by atoms with E-state index in [1.54, 1.807) is 7.11 Å². The smallest absolute Gasteiger partial charge is 0.314 e. The summed E-state index contributed by atoms with van der Waals surface area (Å²) in [5, 5.41) is 0. The standard InChI is InChI=1S/C16H18O3/c1-18-14-10-8-13(9-11-14)15(16(17)19-2)12-6-4-3-5-7-12/h4-12,15H,3H2,1-2H3. The van der Waals surface area contributed by atoms with Crippen molar-refractivity contribution in [1.29, 1.82) is 0 Å². The van der Waals surface area contributed by atoms with Crippen LogP contribution in [0.1, 0.15) is 17.9 Å². The average Bonchev–Trinajstić information content (AvgIpc) is 2.49. The van der Waals surface area contributed by atoms with E-state index in [4.69, 9.17) is 9.47 Å². The van der Waals surface area contributed by atoms with Crippen molar-refractivity contribution < 1.29 is 14.3 Å². The second-order valence-electron chi connectivity index (χ2n) is 4.44. The zero-order chi connectivity index (χ0) is 13.7. The highest BCUT2D eigenvalue weighted by Crippen LogP contribution is 2.31. The molecule has 1 aromatic carbocycles. The number of hydrogen-bond donors (Lipinski definition) is 0. The van der Waals surface area contributed by atoms with Gasteiger partial charge in [0.05, 0.1) is 20.1 Å². The van der Waals surface area contributed by atoms with Crippen molar-refractivity contribution in [2.24, 2.45) is 5.92 Å². The Morgan fingerprint density at radius 2 is 1.79 bits per heavy atom. The molecule has 0 N–H and O–H groups in total. The van der Waals surface area contributed by atoms with E-state index in [1.165, 1.54) is 7.11 Å². The molecule has 1 aliphatic rings. The van der Waals surface area contributed by atoms with Crippen LogP contribution in [0.2, 0.25) is 0 Å². The maximum absolute atomic E-state index is 12.0. The van der Waals surface area contributed by atoms with Crippen LogP contribution in [0.5, 0.6) is 5.75 Å². The molecule has 1 unspecified atom stereocenters. The Balaban J connectivity index is 2.30. The molecule has 0 amide bonds. The molecule has 0 aromatic heterocycles. The van der Waals surface area contributed by atoms with Crippen molar-refractivity contribution in [3.63, 3.8) is 0 Å². The number of esters is 1. The summed E-state index contributed by atoms with van der Waals surface area (Å²) < 4.78 is 10.1. The monoisotopic (exact) mass is 258 g/mol. The van der Waals surface area contributed by atoms with E-state index >= 15 is 0 Å². The van der Waals surface area contributed by atoms with Gasteiger partial charge in [-0.2, -0.15) is 0 Å². The molecule has 1 aliphatic carbocycles. The van der Waals surface area contributed by atoms with E-state index < -0.39 is 0 Å². The minimum atomic E-state index is -0.302. The minimum Gasteiger partial charge on any atom is -0.497 e. The number of allylic oxidation sites excluding steroid dienone is 4. The molecule has 0 fully saturated rings. The summed E-state index contributed by atoms with van der Waals surface area (Å²) in [5.41, 5.74) is 0.939. The van der Waals surface area contributed by atoms with Crippen molar-refractivity contribution in [3.8, 4) is 5.75 Å². The first-order valence-corrected chi connectivity index (χ1v) is 6.31. The summed E-state index contributed by atoms with van der Waals surface area (Å²) in [5.74, 6) is 0.312.